The second-order valence-electron chi connectivity index (χ2n) is 6.66. The van der Waals surface area contributed by atoms with Crippen molar-refractivity contribution < 1.29 is 14.3 Å². The maximum Gasteiger partial charge on any atom is 0.262 e. The number of amides is 1. The number of ether oxygens (including phenoxy) is 2. The van der Waals surface area contributed by atoms with Crippen LogP contribution >= 0.6 is 12.2 Å². The first-order valence-electron chi connectivity index (χ1n) is 9.58. The molecule has 8 heteroatoms. The number of hydrogen-bond acceptors (Lipinski definition) is 5. The van der Waals surface area contributed by atoms with E-state index in [2.05, 4.69) is 15.5 Å². The summed E-state index contributed by atoms with van der Waals surface area (Å²) in [5.41, 5.74) is 0.890. The smallest absolute Gasteiger partial charge is 0.262 e. The predicted molar refractivity (Wildman–Crippen MR) is 109 cm³/mol. The lowest BCUT2D eigenvalue weighted by atomic mass is 10.2. The van der Waals surface area contributed by atoms with Crippen molar-refractivity contribution in [2.45, 2.75) is 19.4 Å². The second-order valence-corrected chi connectivity index (χ2v) is 7.05. The largest absolute Gasteiger partial charge is 0.477 e. The monoisotopic (exact) mass is 392 g/mol. The van der Waals surface area contributed by atoms with Crippen molar-refractivity contribution >= 4 is 28.9 Å². The van der Waals surface area contributed by atoms with Crippen molar-refractivity contribution in [1.82, 2.24) is 15.5 Å². The average Bonchev–Trinajstić information content (AvgIpc) is 2.71. The summed E-state index contributed by atoms with van der Waals surface area (Å²) in [5.74, 6) is 0.574. The molecule has 0 saturated carbocycles. The highest BCUT2D eigenvalue weighted by Crippen LogP contribution is 2.33. The van der Waals surface area contributed by atoms with Crippen molar-refractivity contribution in [3.8, 4) is 5.75 Å². The van der Waals surface area contributed by atoms with Crippen LogP contribution < -0.4 is 20.3 Å². The summed E-state index contributed by atoms with van der Waals surface area (Å²) in [6.07, 6.45) is 0.311. The molecular formula is C19H28N4O3S. The number of benzene rings is 1. The van der Waals surface area contributed by atoms with E-state index in [4.69, 9.17) is 21.7 Å². The molecule has 1 atom stereocenters. The highest BCUT2D eigenvalue weighted by molar-refractivity contribution is 7.80. The Hall–Kier alpha value is -1.90. The van der Waals surface area contributed by atoms with Crippen molar-refractivity contribution in [3.63, 3.8) is 0 Å². The molecule has 7 nitrogen and oxygen atoms in total. The Labute approximate surface area is 166 Å². The number of carbonyl (C=O) groups is 1. The Morgan fingerprint density at radius 2 is 2.00 bits per heavy atom. The Morgan fingerprint density at radius 1 is 1.22 bits per heavy atom. The zero-order chi connectivity index (χ0) is 19.1. The van der Waals surface area contributed by atoms with Gasteiger partial charge in [-0.1, -0.05) is 19.1 Å². The normalized spacial score (nSPS) is 19.7. The van der Waals surface area contributed by atoms with Gasteiger partial charge in [-0.15, -0.1) is 0 Å². The SMILES string of the molecule is CCCNC(=O)[C@@H]1CN(C(=S)NCCN2CCOCC2)c2ccccc2O1. The Morgan fingerprint density at radius 3 is 2.78 bits per heavy atom. The van der Waals surface area contributed by atoms with Crippen LogP contribution in [0.1, 0.15) is 13.3 Å². The van der Waals surface area contributed by atoms with Gasteiger partial charge < -0.3 is 25.0 Å². The van der Waals surface area contributed by atoms with E-state index in [1.807, 2.05) is 36.1 Å². The highest BCUT2D eigenvalue weighted by atomic mass is 32.1. The molecule has 1 aromatic carbocycles. The highest BCUT2D eigenvalue weighted by Gasteiger charge is 2.32. The van der Waals surface area contributed by atoms with Crippen molar-refractivity contribution in [2.24, 2.45) is 0 Å². The number of hydrogen-bond donors (Lipinski definition) is 2. The number of thiocarbonyl (C=S) groups is 1. The molecule has 0 bridgehead atoms. The summed E-state index contributed by atoms with van der Waals surface area (Å²) in [6, 6.07) is 7.69. The van der Waals surface area contributed by atoms with Crippen LogP contribution in [0.2, 0.25) is 0 Å². The lowest BCUT2D eigenvalue weighted by Gasteiger charge is -2.36. The van der Waals surface area contributed by atoms with Crippen LogP contribution in [0.5, 0.6) is 5.75 Å². The fourth-order valence-electron chi connectivity index (χ4n) is 3.17. The summed E-state index contributed by atoms with van der Waals surface area (Å²) in [6.45, 7) is 8.21. The number of carbonyl (C=O) groups excluding carboxylic acids is 1. The third kappa shape index (κ3) is 5.31. The summed E-state index contributed by atoms with van der Waals surface area (Å²) in [5, 5.41) is 6.85. The maximum absolute atomic E-state index is 12.4. The molecule has 2 N–H and O–H groups in total. The minimum Gasteiger partial charge on any atom is -0.477 e. The molecule has 0 radical (unpaired) electrons. The van der Waals surface area contributed by atoms with Crippen LogP contribution in [0.15, 0.2) is 24.3 Å². The molecule has 2 aliphatic heterocycles. The Bertz CT molecular complexity index is 652. The first kappa shape index (κ1) is 19.9. The minimum atomic E-state index is -0.578. The predicted octanol–water partition coefficient (Wildman–Crippen LogP) is 0.987. The van der Waals surface area contributed by atoms with E-state index in [0.29, 0.717) is 24.0 Å². The molecule has 148 valence electrons. The van der Waals surface area contributed by atoms with E-state index in [1.165, 1.54) is 0 Å². The molecule has 27 heavy (non-hydrogen) atoms. The van der Waals surface area contributed by atoms with Gasteiger partial charge in [0.05, 0.1) is 25.4 Å². The van der Waals surface area contributed by atoms with Gasteiger partial charge in [0.2, 0.25) is 0 Å². The van der Waals surface area contributed by atoms with Gasteiger partial charge >= 0.3 is 0 Å². The molecule has 3 rings (SSSR count). The number of rotatable bonds is 6. The van der Waals surface area contributed by atoms with Gasteiger partial charge in [0.15, 0.2) is 11.2 Å². The zero-order valence-electron chi connectivity index (χ0n) is 15.8. The molecule has 1 saturated heterocycles. The molecule has 0 aliphatic carbocycles. The van der Waals surface area contributed by atoms with Crippen LogP contribution in [0.25, 0.3) is 0 Å². The van der Waals surface area contributed by atoms with Crippen LogP contribution in [0, 0.1) is 0 Å². The number of anilines is 1. The number of fused-ring (bicyclic) bond motifs is 1. The van der Waals surface area contributed by atoms with Crippen molar-refractivity contribution in [2.75, 3.05) is 57.4 Å². The molecule has 1 amide bonds. The maximum atomic E-state index is 12.4. The minimum absolute atomic E-state index is 0.104. The molecule has 0 spiro atoms. The van der Waals surface area contributed by atoms with Crippen molar-refractivity contribution in [3.05, 3.63) is 24.3 Å². The quantitative estimate of drug-likeness (QED) is 0.700. The lowest BCUT2D eigenvalue weighted by molar-refractivity contribution is -0.127. The third-order valence-electron chi connectivity index (χ3n) is 4.67. The molecule has 2 heterocycles. The topological polar surface area (TPSA) is 66.1 Å². The molecule has 0 unspecified atom stereocenters. The van der Waals surface area contributed by atoms with E-state index in [-0.39, 0.29) is 5.91 Å². The summed E-state index contributed by atoms with van der Waals surface area (Å²) in [4.78, 5) is 16.7. The first-order chi connectivity index (χ1) is 13.2. The van der Waals surface area contributed by atoms with E-state index in [9.17, 15) is 4.79 Å². The average molecular weight is 393 g/mol. The van der Waals surface area contributed by atoms with E-state index >= 15 is 0 Å². The zero-order valence-corrected chi connectivity index (χ0v) is 16.6. The van der Waals surface area contributed by atoms with Crippen LogP contribution in [0.4, 0.5) is 5.69 Å². The molecule has 2 aliphatic rings. The van der Waals surface area contributed by atoms with Gasteiger partial charge in [-0.2, -0.15) is 0 Å². The lowest BCUT2D eigenvalue weighted by Crippen LogP contribution is -2.53. The molecular weight excluding hydrogens is 364 g/mol. The number of morpholine rings is 1. The van der Waals surface area contributed by atoms with Gasteiger partial charge in [-0.25, -0.2) is 0 Å². The van der Waals surface area contributed by atoms with Gasteiger partial charge in [-0.05, 0) is 30.8 Å². The summed E-state index contributed by atoms with van der Waals surface area (Å²) < 4.78 is 11.3. The molecule has 0 aromatic heterocycles. The molecule has 1 fully saturated rings. The number of nitrogens with zero attached hydrogens (tertiary/aromatic N) is 2. The van der Waals surface area contributed by atoms with Gasteiger partial charge in [-0.3, -0.25) is 9.69 Å². The fourth-order valence-corrected chi connectivity index (χ4v) is 3.44. The van der Waals surface area contributed by atoms with E-state index < -0.39 is 6.10 Å². The first-order valence-corrected chi connectivity index (χ1v) is 9.98. The summed E-state index contributed by atoms with van der Waals surface area (Å²) >= 11 is 5.63. The van der Waals surface area contributed by atoms with Crippen molar-refractivity contribution in [1.29, 1.82) is 0 Å². The molecule has 1 aromatic rings. The van der Waals surface area contributed by atoms with Crippen LogP contribution in [-0.4, -0.2) is 74.5 Å². The number of para-hydroxylation sites is 2. The summed E-state index contributed by atoms with van der Waals surface area (Å²) in [7, 11) is 0. The van der Waals surface area contributed by atoms with Gasteiger partial charge in [0.1, 0.15) is 5.75 Å². The second kappa shape index (κ2) is 9.87. The van der Waals surface area contributed by atoms with E-state index in [0.717, 1.165) is 51.5 Å². The van der Waals surface area contributed by atoms with Gasteiger partial charge in [0, 0.05) is 32.7 Å². The standard InChI is InChI=1S/C19H28N4O3S/c1-2-7-20-18(24)17-14-23(15-5-3-4-6-16(15)26-17)19(27)21-8-9-22-10-12-25-13-11-22/h3-6,17H,2,7-14H2,1H3,(H,20,24)(H,21,27)/t17-/m0/s1. The van der Waals surface area contributed by atoms with Gasteiger partial charge in [0.25, 0.3) is 5.91 Å². The van der Waals surface area contributed by atoms with Crippen LogP contribution in [0.3, 0.4) is 0 Å². The Balaban J connectivity index is 1.61. The van der Waals surface area contributed by atoms with Crippen LogP contribution in [-0.2, 0) is 9.53 Å². The van der Waals surface area contributed by atoms with E-state index in [1.54, 1.807) is 0 Å². The Kier molecular flexibility index (Phi) is 7.25. The fraction of sp³-hybridized carbons (Fsp3) is 0.579. The third-order valence-corrected chi connectivity index (χ3v) is 5.03. The number of nitrogens with one attached hydrogen (secondary N) is 2.